The largest absolute Gasteiger partial charge is 0.490 e. The predicted molar refractivity (Wildman–Crippen MR) is 137 cm³/mol. The molecule has 0 spiro atoms. The van der Waals surface area contributed by atoms with Gasteiger partial charge in [0.2, 0.25) is 0 Å². The number of benzene rings is 1. The van der Waals surface area contributed by atoms with Gasteiger partial charge in [-0.3, -0.25) is 4.79 Å². The molecule has 0 atom stereocenters. The summed E-state index contributed by atoms with van der Waals surface area (Å²) in [6.07, 6.45) is -3.73. The number of hydrogen-bond donors (Lipinski definition) is 1. The zero-order chi connectivity index (χ0) is 27.7. The first-order valence-corrected chi connectivity index (χ1v) is 16.3. The Morgan fingerprint density at radius 3 is 2.47 bits per heavy atom. The predicted octanol–water partition coefficient (Wildman–Crippen LogP) is 4.62. The van der Waals surface area contributed by atoms with E-state index in [1.807, 2.05) is 6.07 Å². The maximum absolute atomic E-state index is 14.1. The number of likely N-dealkylation sites (tertiary alicyclic amines) is 1. The lowest BCUT2D eigenvalue weighted by Gasteiger charge is -2.30. The number of fused-ring (bicyclic) bond motifs is 1. The van der Waals surface area contributed by atoms with Crippen LogP contribution in [0.3, 0.4) is 0 Å². The molecule has 4 rings (SSSR count). The van der Waals surface area contributed by atoms with Crippen LogP contribution in [0.1, 0.15) is 29.5 Å². The second-order valence-corrected chi connectivity index (χ2v) is 16.5. The van der Waals surface area contributed by atoms with Crippen molar-refractivity contribution < 1.29 is 32.5 Å². The van der Waals surface area contributed by atoms with E-state index in [0.717, 1.165) is 28.0 Å². The minimum atomic E-state index is -4.86. The zero-order valence-corrected chi connectivity index (χ0v) is 22.8. The van der Waals surface area contributed by atoms with Crippen molar-refractivity contribution in [2.45, 2.75) is 70.6 Å². The molecule has 1 aromatic heterocycles. The van der Waals surface area contributed by atoms with E-state index in [2.05, 4.69) is 24.7 Å². The Bertz CT molecular complexity index is 1220. The Morgan fingerprint density at radius 1 is 1.16 bits per heavy atom. The van der Waals surface area contributed by atoms with Crippen molar-refractivity contribution in [1.82, 2.24) is 14.7 Å². The number of halogens is 3. The maximum atomic E-state index is 14.1. The van der Waals surface area contributed by atoms with Crippen molar-refractivity contribution in [3.63, 3.8) is 0 Å². The maximum Gasteiger partial charge on any atom is 0.423 e. The van der Waals surface area contributed by atoms with Crippen molar-refractivity contribution in [1.29, 1.82) is 0 Å². The molecule has 1 amide bonds. The van der Waals surface area contributed by atoms with Gasteiger partial charge in [-0.05, 0) is 29.3 Å². The van der Waals surface area contributed by atoms with Gasteiger partial charge in [0.25, 0.3) is 5.56 Å². The topological polar surface area (TPSA) is 97.1 Å². The fraction of sp³-hybridized carbons (Fsp3) is 0.560. The van der Waals surface area contributed by atoms with Gasteiger partial charge in [-0.15, -0.1) is 0 Å². The number of piperidine rings is 1. The van der Waals surface area contributed by atoms with Crippen LogP contribution in [0.2, 0.25) is 25.7 Å². The van der Waals surface area contributed by atoms with Crippen LogP contribution in [0.15, 0.2) is 29.2 Å². The summed E-state index contributed by atoms with van der Waals surface area (Å²) in [5.74, 6) is 0.583. The lowest BCUT2D eigenvalue weighted by Crippen LogP contribution is -2.41. The number of carboxylic acid groups (broad SMARTS) is 1. The molecule has 2 aliphatic rings. The number of carbonyl (C=O) groups is 1. The summed E-state index contributed by atoms with van der Waals surface area (Å²) in [5.41, 5.74) is -1.10. The van der Waals surface area contributed by atoms with Crippen molar-refractivity contribution >= 4 is 19.9 Å². The van der Waals surface area contributed by atoms with Crippen LogP contribution < -0.4 is 15.2 Å². The first kappa shape index (κ1) is 28.0. The van der Waals surface area contributed by atoms with E-state index in [4.69, 9.17) is 14.6 Å². The van der Waals surface area contributed by atoms with Crippen LogP contribution in [0.4, 0.5) is 23.7 Å². The minimum absolute atomic E-state index is 0.136. The first-order valence-electron chi connectivity index (χ1n) is 12.6. The fourth-order valence-electron chi connectivity index (χ4n) is 4.58. The smallest absolute Gasteiger partial charge is 0.423 e. The molecule has 1 saturated heterocycles. The summed E-state index contributed by atoms with van der Waals surface area (Å²) >= 11 is 0. The molecule has 0 unspecified atom stereocenters. The second-order valence-electron chi connectivity index (χ2n) is 10.9. The standard InChI is InChI=1S/C25H33F3N4O5Si/c1-38(2,3)11-10-36-16-32-23(33)22(25(26,27)28)21(13-29-32)31-14-17-4-5-20(12-18(17)15-31)37-19-6-8-30(9-7-19)24(34)35/h4-5,12-13,19H,6-11,14-16H2,1-3H3,(H,34,35). The Balaban J connectivity index is 1.46. The van der Waals surface area contributed by atoms with Gasteiger partial charge in [-0.25, -0.2) is 9.48 Å². The summed E-state index contributed by atoms with van der Waals surface area (Å²) < 4.78 is 54.4. The molecule has 0 bridgehead atoms. The molecular weight excluding hydrogens is 521 g/mol. The minimum Gasteiger partial charge on any atom is -0.490 e. The van der Waals surface area contributed by atoms with E-state index in [1.165, 1.54) is 9.80 Å². The Labute approximate surface area is 219 Å². The van der Waals surface area contributed by atoms with Crippen LogP contribution in [-0.4, -0.2) is 59.8 Å². The highest BCUT2D eigenvalue weighted by Crippen LogP contribution is 2.38. The highest BCUT2D eigenvalue weighted by atomic mass is 28.3. The third kappa shape index (κ3) is 6.68. The number of alkyl halides is 3. The SMILES string of the molecule is C[Si](C)(C)CCOCn1ncc(N2Cc3ccc(OC4CCN(C(=O)O)CC4)cc3C2)c(C(F)(F)F)c1=O. The number of amides is 1. The molecule has 1 fully saturated rings. The number of nitrogens with zero attached hydrogens (tertiary/aromatic N) is 4. The highest BCUT2D eigenvalue weighted by molar-refractivity contribution is 6.76. The van der Waals surface area contributed by atoms with E-state index in [1.54, 1.807) is 12.1 Å². The summed E-state index contributed by atoms with van der Waals surface area (Å²) in [5, 5.41) is 13.1. The molecule has 0 saturated carbocycles. The van der Waals surface area contributed by atoms with Gasteiger partial charge >= 0.3 is 12.3 Å². The van der Waals surface area contributed by atoms with E-state index in [9.17, 15) is 22.8 Å². The fourth-order valence-corrected chi connectivity index (χ4v) is 5.34. The van der Waals surface area contributed by atoms with Crippen LogP contribution in [0.25, 0.3) is 0 Å². The van der Waals surface area contributed by atoms with Crippen molar-refractivity contribution in [3.8, 4) is 5.75 Å². The molecule has 3 heterocycles. The van der Waals surface area contributed by atoms with Crippen molar-refractivity contribution in [3.05, 3.63) is 51.4 Å². The Morgan fingerprint density at radius 2 is 1.84 bits per heavy atom. The summed E-state index contributed by atoms with van der Waals surface area (Å²) in [7, 11) is -1.38. The lowest BCUT2D eigenvalue weighted by molar-refractivity contribution is -0.138. The summed E-state index contributed by atoms with van der Waals surface area (Å²) in [6, 6.07) is 6.20. The van der Waals surface area contributed by atoms with Crippen LogP contribution in [-0.2, 0) is 30.7 Å². The average Bonchev–Trinajstić information content (AvgIpc) is 3.24. The Kier molecular flexibility index (Phi) is 8.07. The van der Waals surface area contributed by atoms with Crippen molar-refractivity contribution in [2.75, 3.05) is 24.6 Å². The van der Waals surface area contributed by atoms with Gasteiger partial charge in [-0.1, -0.05) is 25.7 Å². The molecule has 1 aromatic carbocycles. The lowest BCUT2D eigenvalue weighted by atomic mass is 10.1. The third-order valence-corrected chi connectivity index (χ3v) is 8.48. The van der Waals surface area contributed by atoms with Crippen molar-refractivity contribution in [2.24, 2.45) is 0 Å². The normalized spacial score (nSPS) is 16.6. The van der Waals surface area contributed by atoms with Crippen LogP contribution in [0.5, 0.6) is 5.75 Å². The van der Waals surface area contributed by atoms with Gasteiger partial charge in [0.05, 0.1) is 11.9 Å². The van der Waals surface area contributed by atoms with E-state index in [-0.39, 0.29) is 31.6 Å². The molecule has 0 radical (unpaired) electrons. The number of aromatic nitrogens is 2. The third-order valence-electron chi connectivity index (χ3n) is 6.77. The quantitative estimate of drug-likeness (QED) is 0.376. The second kappa shape index (κ2) is 11.0. The molecular formula is C25H33F3N4O5Si. The molecule has 2 aromatic rings. The van der Waals surface area contributed by atoms with Gasteiger partial charge in [0.1, 0.15) is 24.1 Å². The van der Waals surface area contributed by atoms with Crippen LogP contribution >= 0.6 is 0 Å². The number of ether oxygens (including phenoxy) is 2. The molecule has 38 heavy (non-hydrogen) atoms. The number of anilines is 1. The first-order chi connectivity index (χ1) is 17.8. The monoisotopic (exact) mass is 554 g/mol. The van der Waals surface area contributed by atoms with Gasteiger partial charge in [0, 0.05) is 53.7 Å². The molecule has 208 valence electrons. The molecule has 13 heteroatoms. The molecule has 1 N–H and O–H groups in total. The number of hydrogen-bond acceptors (Lipinski definition) is 6. The van der Waals surface area contributed by atoms with E-state index < -0.39 is 31.5 Å². The summed E-state index contributed by atoms with van der Waals surface area (Å²) in [6.45, 7) is 7.65. The highest BCUT2D eigenvalue weighted by Gasteiger charge is 2.40. The molecule has 0 aliphatic carbocycles. The molecule has 9 nitrogen and oxygen atoms in total. The zero-order valence-electron chi connectivity index (χ0n) is 21.8. The number of rotatable bonds is 8. The van der Waals surface area contributed by atoms with E-state index in [0.29, 0.717) is 38.3 Å². The van der Waals surface area contributed by atoms with Gasteiger partial charge < -0.3 is 24.4 Å². The van der Waals surface area contributed by atoms with Gasteiger partial charge in [0.15, 0.2) is 0 Å². The summed E-state index contributed by atoms with van der Waals surface area (Å²) in [4.78, 5) is 26.8. The van der Waals surface area contributed by atoms with Crippen LogP contribution in [0, 0.1) is 0 Å². The van der Waals surface area contributed by atoms with E-state index >= 15 is 0 Å². The average molecular weight is 555 g/mol. The Hall–Kier alpha value is -3.06. The van der Waals surface area contributed by atoms with Gasteiger partial charge in [-0.2, -0.15) is 18.3 Å². The molecule has 2 aliphatic heterocycles.